The SMILES string of the molecule is COc1cc(C(=O)N2CCC(OC)C2)ccc1F. The number of carbonyl (C=O) groups excluding carboxylic acids is 1. The predicted octanol–water partition coefficient (Wildman–Crippen LogP) is 1.70. The standard InChI is InChI=1S/C13H16FNO3/c1-17-10-5-6-15(8-10)13(16)9-3-4-11(14)12(7-9)18-2/h3-4,7,10H,5-6,8H2,1-2H3. The van der Waals surface area contributed by atoms with Gasteiger partial charge < -0.3 is 14.4 Å². The topological polar surface area (TPSA) is 38.8 Å². The first kappa shape index (κ1) is 12.8. The van der Waals surface area contributed by atoms with Gasteiger partial charge in [0.2, 0.25) is 0 Å². The summed E-state index contributed by atoms with van der Waals surface area (Å²) in [5, 5.41) is 0. The predicted molar refractivity (Wildman–Crippen MR) is 64.3 cm³/mol. The molecule has 0 N–H and O–H groups in total. The zero-order valence-corrected chi connectivity index (χ0v) is 10.5. The largest absolute Gasteiger partial charge is 0.494 e. The van der Waals surface area contributed by atoms with Crippen molar-refractivity contribution < 1.29 is 18.7 Å². The van der Waals surface area contributed by atoms with Gasteiger partial charge in [0, 0.05) is 25.8 Å². The maximum atomic E-state index is 13.3. The molecule has 1 unspecified atom stereocenters. The highest BCUT2D eigenvalue weighted by molar-refractivity contribution is 5.94. The second-order valence-electron chi connectivity index (χ2n) is 4.25. The average Bonchev–Trinajstić information content (AvgIpc) is 2.87. The van der Waals surface area contributed by atoms with Gasteiger partial charge in [0.1, 0.15) is 0 Å². The van der Waals surface area contributed by atoms with Crippen molar-refractivity contribution in [1.29, 1.82) is 0 Å². The molecule has 1 amide bonds. The van der Waals surface area contributed by atoms with E-state index in [1.165, 1.54) is 25.3 Å². The van der Waals surface area contributed by atoms with Crippen LogP contribution in [-0.2, 0) is 4.74 Å². The lowest BCUT2D eigenvalue weighted by atomic mass is 10.2. The van der Waals surface area contributed by atoms with E-state index in [1.807, 2.05) is 0 Å². The van der Waals surface area contributed by atoms with Crippen molar-refractivity contribution in [2.75, 3.05) is 27.3 Å². The number of likely N-dealkylation sites (tertiary alicyclic amines) is 1. The molecule has 1 heterocycles. The summed E-state index contributed by atoms with van der Waals surface area (Å²) in [5.74, 6) is -0.499. The second kappa shape index (κ2) is 5.35. The van der Waals surface area contributed by atoms with Gasteiger partial charge in [-0.15, -0.1) is 0 Å². The van der Waals surface area contributed by atoms with Crippen LogP contribution in [0.2, 0.25) is 0 Å². The van der Waals surface area contributed by atoms with E-state index in [4.69, 9.17) is 9.47 Å². The molecule has 5 heteroatoms. The average molecular weight is 253 g/mol. The molecule has 0 saturated carbocycles. The maximum absolute atomic E-state index is 13.3. The van der Waals surface area contributed by atoms with Crippen LogP contribution >= 0.6 is 0 Å². The van der Waals surface area contributed by atoms with Gasteiger partial charge in [-0.1, -0.05) is 0 Å². The Morgan fingerprint density at radius 2 is 2.22 bits per heavy atom. The number of ether oxygens (including phenoxy) is 2. The molecule has 1 fully saturated rings. The third-order valence-corrected chi connectivity index (χ3v) is 3.16. The Morgan fingerprint density at radius 3 is 2.83 bits per heavy atom. The highest BCUT2D eigenvalue weighted by Crippen LogP contribution is 2.21. The number of methoxy groups -OCH3 is 2. The molecular weight excluding hydrogens is 237 g/mol. The molecule has 1 aliphatic heterocycles. The summed E-state index contributed by atoms with van der Waals surface area (Å²) in [6.45, 7) is 1.24. The Balaban J connectivity index is 2.14. The molecule has 0 aromatic heterocycles. The van der Waals surface area contributed by atoms with Gasteiger partial charge in [-0.2, -0.15) is 0 Å². The van der Waals surface area contributed by atoms with Crippen LogP contribution in [0, 0.1) is 5.82 Å². The quantitative estimate of drug-likeness (QED) is 0.823. The zero-order valence-electron chi connectivity index (χ0n) is 10.5. The van der Waals surface area contributed by atoms with Crippen LogP contribution in [0.15, 0.2) is 18.2 Å². The number of nitrogens with zero attached hydrogens (tertiary/aromatic N) is 1. The van der Waals surface area contributed by atoms with E-state index in [-0.39, 0.29) is 17.8 Å². The third-order valence-electron chi connectivity index (χ3n) is 3.16. The van der Waals surface area contributed by atoms with E-state index in [9.17, 15) is 9.18 Å². The van der Waals surface area contributed by atoms with E-state index >= 15 is 0 Å². The molecule has 1 aromatic rings. The fraction of sp³-hybridized carbons (Fsp3) is 0.462. The number of hydrogen-bond acceptors (Lipinski definition) is 3. The molecular formula is C13H16FNO3. The van der Waals surface area contributed by atoms with E-state index < -0.39 is 5.82 Å². The molecule has 1 aromatic carbocycles. The number of rotatable bonds is 3. The third kappa shape index (κ3) is 2.46. The molecule has 1 saturated heterocycles. The Kier molecular flexibility index (Phi) is 3.81. The van der Waals surface area contributed by atoms with Crippen molar-refractivity contribution in [3.8, 4) is 5.75 Å². The van der Waals surface area contributed by atoms with Crippen LogP contribution in [0.4, 0.5) is 4.39 Å². The number of halogens is 1. The molecule has 0 radical (unpaired) electrons. The van der Waals surface area contributed by atoms with Crippen molar-refractivity contribution in [2.45, 2.75) is 12.5 Å². The van der Waals surface area contributed by atoms with Gasteiger partial charge in [-0.25, -0.2) is 4.39 Å². The highest BCUT2D eigenvalue weighted by atomic mass is 19.1. The summed E-state index contributed by atoms with van der Waals surface area (Å²) >= 11 is 0. The van der Waals surface area contributed by atoms with Gasteiger partial charge in [0.15, 0.2) is 11.6 Å². The Morgan fingerprint density at radius 1 is 1.44 bits per heavy atom. The van der Waals surface area contributed by atoms with E-state index in [0.717, 1.165) is 6.42 Å². The Labute approximate surface area is 105 Å². The molecule has 1 atom stereocenters. The minimum Gasteiger partial charge on any atom is -0.494 e. The Hall–Kier alpha value is -1.62. The van der Waals surface area contributed by atoms with Crippen molar-refractivity contribution in [3.05, 3.63) is 29.6 Å². The van der Waals surface area contributed by atoms with Crippen LogP contribution in [0.25, 0.3) is 0 Å². The van der Waals surface area contributed by atoms with Gasteiger partial charge >= 0.3 is 0 Å². The van der Waals surface area contributed by atoms with Crippen molar-refractivity contribution in [3.63, 3.8) is 0 Å². The minimum absolute atomic E-state index is 0.0864. The maximum Gasteiger partial charge on any atom is 0.254 e. The van der Waals surface area contributed by atoms with Crippen molar-refractivity contribution in [1.82, 2.24) is 4.90 Å². The van der Waals surface area contributed by atoms with E-state index in [0.29, 0.717) is 18.7 Å². The molecule has 4 nitrogen and oxygen atoms in total. The molecule has 18 heavy (non-hydrogen) atoms. The molecule has 0 aliphatic carbocycles. The summed E-state index contributed by atoms with van der Waals surface area (Å²) in [5.41, 5.74) is 0.435. The lowest BCUT2D eigenvalue weighted by Gasteiger charge is -2.16. The van der Waals surface area contributed by atoms with Gasteiger partial charge in [0.05, 0.1) is 13.2 Å². The number of hydrogen-bond donors (Lipinski definition) is 0. The van der Waals surface area contributed by atoms with Gasteiger partial charge in [-0.05, 0) is 24.6 Å². The van der Waals surface area contributed by atoms with Crippen molar-refractivity contribution >= 4 is 5.91 Å². The first-order valence-electron chi connectivity index (χ1n) is 5.81. The minimum atomic E-state index is -0.467. The number of carbonyl (C=O) groups is 1. The first-order valence-corrected chi connectivity index (χ1v) is 5.81. The fourth-order valence-electron chi connectivity index (χ4n) is 2.08. The van der Waals surface area contributed by atoms with Crippen LogP contribution < -0.4 is 4.74 Å². The molecule has 1 aliphatic rings. The first-order chi connectivity index (χ1) is 8.65. The van der Waals surface area contributed by atoms with E-state index in [2.05, 4.69) is 0 Å². The van der Waals surface area contributed by atoms with E-state index in [1.54, 1.807) is 12.0 Å². The second-order valence-corrected chi connectivity index (χ2v) is 4.25. The van der Waals surface area contributed by atoms with Crippen LogP contribution in [-0.4, -0.2) is 44.2 Å². The lowest BCUT2D eigenvalue weighted by Crippen LogP contribution is -2.29. The van der Waals surface area contributed by atoms with Gasteiger partial charge in [-0.3, -0.25) is 4.79 Å². The summed E-state index contributed by atoms with van der Waals surface area (Å²) in [6.07, 6.45) is 0.928. The van der Waals surface area contributed by atoms with Crippen LogP contribution in [0.3, 0.4) is 0 Å². The summed E-state index contributed by atoms with van der Waals surface area (Å²) in [7, 11) is 3.02. The molecule has 2 rings (SSSR count). The monoisotopic (exact) mass is 253 g/mol. The van der Waals surface area contributed by atoms with Crippen LogP contribution in [0.1, 0.15) is 16.8 Å². The zero-order chi connectivity index (χ0) is 13.1. The molecule has 0 bridgehead atoms. The number of benzene rings is 1. The summed E-state index contributed by atoms with van der Waals surface area (Å²) in [4.78, 5) is 13.9. The van der Waals surface area contributed by atoms with Gasteiger partial charge in [0.25, 0.3) is 5.91 Å². The summed E-state index contributed by atoms with van der Waals surface area (Å²) in [6, 6.07) is 4.15. The van der Waals surface area contributed by atoms with Crippen molar-refractivity contribution in [2.24, 2.45) is 0 Å². The van der Waals surface area contributed by atoms with Crippen LogP contribution in [0.5, 0.6) is 5.75 Å². The Bertz CT molecular complexity index is 450. The molecule has 98 valence electrons. The smallest absolute Gasteiger partial charge is 0.254 e. The fourth-order valence-corrected chi connectivity index (χ4v) is 2.08. The summed E-state index contributed by atoms with van der Waals surface area (Å²) < 4.78 is 23.3. The molecule has 0 spiro atoms. The normalized spacial score (nSPS) is 19.1. The lowest BCUT2D eigenvalue weighted by molar-refractivity contribution is 0.0724. The highest BCUT2D eigenvalue weighted by Gasteiger charge is 2.27. The number of amides is 1.